The quantitative estimate of drug-likeness (QED) is 0.382. The van der Waals surface area contributed by atoms with Crippen molar-refractivity contribution >= 4 is 23.7 Å². The van der Waals surface area contributed by atoms with Crippen LogP contribution in [0.4, 0.5) is 0 Å². The second-order valence-electron chi connectivity index (χ2n) is 7.15. The molecule has 0 aliphatic heterocycles. The third kappa shape index (κ3) is 5.59. The van der Waals surface area contributed by atoms with Crippen LogP contribution in [0, 0.1) is 6.92 Å². The van der Waals surface area contributed by atoms with Gasteiger partial charge in [-0.25, -0.2) is 4.79 Å². The molecule has 1 aromatic heterocycles. The number of methoxy groups -OCH3 is 1. The van der Waals surface area contributed by atoms with Crippen molar-refractivity contribution in [1.29, 1.82) is 0 Å². The molecule has 0 saturated carbocycles. The Hall–Kier alpha value is -3.52. The van der Waals surface area contributed by atoms with Crippen LogP contribution in [-0.2, 0) is 15.3 Å². The van der Waals surface area contributed by atoms with Crippen LogP contribution in [0.1, 0.15) is 45.3 Å². The summed E-state index contributed by atoms with van der Waals surface area (Å²) in [4.78, 5) is 36.6. The SMILES string of the molecule is COC(=O)C[C@H](c1ccc(C(=O)O)cc1)c1oc(CSc2ccc(C)cc2)cc(=O)c1O. The number of carbonyl (C=O) groups excluding carboxylic acids is 1. The molecule has 1 atom stereocenters. The molecule has 0 aliphatic carbocycles. The number of ether oxygens (including phenoxy) is 1. The van der Waals surface area contributed by atoms with Crippen LogP contribution >= 0.6 is 11.8 Å². The van der Waals surface area contributed by atoms with Crippen LogP contribution < -0.4 is 5.43 Å². The van der Waals surface area contributed by atoms with Gasteiger partial charge in [0.2, 0.25) is 11.2 Å². The minimum atomic E-state index is -1.09. The molecule has 2 aromatic carbocycles. The van der Waals surface area contributed by atoms with E-state index in [1.807, 2.05) is 31.2 Å². The van der Waals surface area contributed by atoms with Crippen molar-refractivity contribution < 1.29 is 29.0 Å². The average molecular weight is 455 g/mol. The zero-order valence-corrected chi connectivity index (χ0v) is 18.3. The minimum absolute atomic E-state index is 0.0644. The summed E-state index contributed by atoms with van der Waals surface area (Å²) in [6.45, 7) is 1.99. The van der Waals surface area contributed by atoms with Gasteiger partial charge in [-0.15, -0.1) is 11.8 Å². The van der Waals surface area contributed by atoms with Gasteiger partial charge >= 0.3 is 11.9 Å². The lowest BCUT2D eigenvalue weighted by Gasteiger charge is -2.17. The Kier molecular flexibility index (Phi) is 7.37. The number of rotatable bonds is 8. The Bertz CT molecular complexity index is 1160. The molecule has 32 heavy (non-hydrogen) atoms. The highest BCUT2D eigenvalue weighted by Crippen LogP contribution is 2.34. The molecule has 2 N–H and O–H groups in total. The highest BCUT2D eigenvalue weighted by Gasteiger charge is 2.27. The maximum atomic E-state index is 12.4. The number of aromatic hydroxyl groups is 1. The first-order chi connectivity index (χ1) is 15.3. The van der Waals surface area contributed by atoms with E-state index in [9.17, 15) is 19.5 Å². The summed E-state index contributed by atoms with van der Waals surface area (Å²) in [5.74, 6) is -2.47. The van der Waals surface area contributed by atoms with Crippen LogP contribution in [0.5, 0.6) is 5.75 Å². The fraction of sp³-hybridized carbons (Fsp3) is 0.208. The fourth-order valence-corrected chi connectivity index (χ4v) is 3.90. The van der Waals surface area contributed by atoms with E-state index in [0.29, 0.717) is 17.1 Å². The maximum Gasteiger partial charge on any atom is 0.335 e. The van der Waals surface area contributed by atoms with E-state index in [-0.39, 0.29) is 17.7 Å². The van der Waals surface area contributed by atoms with Gasteiger partial charge in [-0.1, -0.05) is 29.8 Å². The maximum absolute atomic E-state index is 12.4. The molecule has 1 heterocycles. The molecule has 0 aliphatic rings. The van der Waals surface area contributed by atoms with Crippen LogP contribution in [0.2, 0.25) is 0 Å². The van der Waals surface area contributed by atoms with Gasteiger partial charge in [0.25, 0.3) is 0 Å². The molecule has 0 saturated heterocycles. The molecule has 0 fully saturated rings. The zero-order chi connectivity index (χ0) is 23.3. The van der Waals surface area contributed by atoms with E-state index in [0.717, 1.165) is 10.5 Å². The summed E-state index contributed by atoms with van der Waals surface area (Å²) in [6.07, 6.45) is -0.200. The summed E-state index contributed by atoms with van der Waals surface area (Å²) in [6, 6.07) is 14.9. The van der Waals surface area contributed by atoms with Crippen LogP contribution in [0.3, 0.4) is 0 Å². The standard InChI is InChI=1S/C24H22O7S/c1-14-3-9-18(10-4-14)32-13-17-11-20(25)22(27)23(31-17)19(12-21(26)30-2)15-5-7-16(8-6-15)24(28)29/h3-11,19,27H,12-13H2,1-2H3,(H,28,29)/t19-/m1/s1. The number of aryl methyl sites for hydroxylation is 1. The van der Waals surface area contributed by atoms with Crippen molar-refractivity contribution in [3.8, 4) is 5.75 Å². The molecule has 3 aromatic rings. The van der Waals surface area contributed by atoms with Crippen molar-refractivity contribution in [3.63, 3.8) is 0 Å². The molecule has 0 radical (unpaired) electrons. The number of esters is 1. The molecule has 166 valence electrons. The molecular formula is C24H22O7S. The van der Waals surface area contributed by atoms with Gasteiger partial charge in [0.1, 0.15) is 5.76 Å². The highest BCUT2D eigenvalue weighted by molar-refractivity contribution is 7.98. The predicted molar refractivity (Wildman–Crippen MR) is 119 cm³/mol. The van der Waals surface area contributed by atoms with Gasteiger partial charge < -0.3 is 19.4 Å². The Balaban J connectivity index is 1.97. The van der Waals surface area contributed by atoms with E-state index in [1.54, 1.807) is 0 Å². The van der Waals surface area contributed by atoms with Crippen molar-refractivity contribution in [3.05, 3.63) is 93.0 Å². The molecule has 7 nitrogen and oxygen atoms in total. The van der Waals surface area contributed by atoms with E-state index < -0.39 is 29.0 Å². The summed E-state index contributed by atoms with van der Waals surface area (Å²) >= 11 is 1.47. The van der Waals surface area contributed by atoms with Gasteiger partial charge in [-0.05, 0) is 36.8 Å². The first-order valence-electron chi connectivity index (χ1n) is 9.74. The molecular weight excluding hydrogens is 432 g/mol. The molecule has 0 unspecified atom stereocenters. The number of aromatic carboxylic acids is 1. The number of carbonyl (C=O) groups is 2. The Morgan fingerprint density at radius 3 is 2.34 bits per heavy atom. The van der Waals surface area contributed by atoms with Gasteiger partial charge in [-0.2, -0.15) is 0 Å². The van der Waals surface area contributed by atoms with Crippen LogP contribution in [0.25, 0.3) is 0 Å². The number of hydrogen-bond acceptors (Lipinski definition) is 7. The smallest absolute Gasteiger partial charge is 0.335 e. The van der Waals surface area contributed by atoms with Gasteiger partial charge in [0.15, 0.2) is 5.76 Å². The van der Waals surface area contributed by atoms with Crippen molar-refractivity contribution in [1.82, 2.24) is 0 Å². The zero-order valence-electron chi connectivity index (χ0n) is 17.5. The Labute approximate surface area is 188 Å². The van der Waals surface area contributed by atoms with E-state index in [1.165, 1.54) is 49.2 Å². The topological polar surface area (TPSA) is 114 Å². The van der Waals surface area contributed by atoms with Crippen molar-refractivity contribution in [2.24, 2.45) is 0 Å². The molecule has 0 amide bonds. The highest BCUT2D eigenvalue weighted by atomic mass is 32.2. The van der Waals surface area contributed by atoms with Crippen molar-refractivity contribution in [2.45, 2.75) is 29.9 Å². The third-order valence-electron chi connectivity index (χ3n) is 4.88. The third-order valence-corrected chi connectivity index (χ3v) is 5.91. The van der Waals surface area contributed by atoms with E-state index >= 15 is 0 Å². The second-order valence-corrected chi connectivity index (χ2v) is 8.20. The summed E-state index contributed by atoms with van der Waals surface area (Å²) in [5.41, 5.74) is 1.08. The van der Waals surface area contributed by atoms with Crippen LogP contribution in [-0.4, -0.2) is 29.3 Å². The predicted octanol–water partition coefficient (Wildman–Crippen LogP) is 4.34. The number of thioether (sulfide) groups is 1. The minimum Gasteiger partial charge on any atom is -0.502 e. The largest absolute Gasteiger partial charge is 0.502 e. The molecule has 3 rings (SSSR count). The first-order valence-corrected chi connectivity index (χ1v) is 10.7. The monoisotopic (exact) mass is 454 g/mol. The number of carboxylic acids is 1. The Morgan fingerprint density at radius 2 is 1.75 bits per heavy atom. The van der Waals surface area contributed by atoms with Gasteiger partial charge in [0, 0.05) is 11.0 Å². The lowest BCUT2D eigenvalue weighted by molar-refractivity contribution is -0.140. The first kappa shape index (κ1) is 23.1. The summed E-state index contributed by atoms with van der Waals surface area (Å²) in [5, 5.41) is 19.6. The molecule has 8 heteroatoms. The average Bonchev–Trinajstić information content (AvgIpc) is 2.79. The van der Waals surface area contributed by atoms with Crippen molar-refractivity contribution in [2.75, 3.05) is 7.11 Å². The van der Waals surface area contributed by atoms with E-state index in [4.69, 9.17) is 14.3 Å². The number of carboxylic acid groups (broad SMARTS) is 1. The Morgan fingerprint density at radius 1 is 1.09 bits per heavy atom. The molecule has 0 bridgehead atoms. The van der Waals surface area contributed by atoms with Crippen LogP contribution in [0.15, 0.2) is 68.7 Å². The number of hydrogen-bond donors (Lipinski definition) is 2. The lowest BCUT2D eigenvalue weighted by atomic mass is 9.91. The van der Waals surface area contributed by atoms with E-state index in [2.05, 4.69) is 0 Å². The van der Waals surface area contributed by atoms with Gasteiger partial charge in [-0.3, -0.25) is 9.59 Å². The normalized spacial score (nSPS) is 11.7. The number of benzene rings is 2. The summed E-state index contributed by atoms with van der Waals surface area (Å²) < 4.78 is 10.6. The van der Waals surface area contributed by atoms with Gasteiger partial charge in [0.05, 0.1) is 30.8 Å². The second kappa shape index (κ2) is 10.2. The molecule has 0 spiro atoms. The lowest BCUT2D eigenvalue weighted by Crippen LogP contribution is -2.14. The fourth-order valence-electron chi connectivity index (χ4n) is 3.12. The summed E-state index contributed by atoms with van der Waals surface area (Å²) in [7, 11) is 1.23.